The van der Waals surface area contributed by atoms with Crippen molar-refractivity contribution >= 4 is 12.4 Å². The molecule has 4 heteroatoms. The van der Waals surface area contributed by atoms with Gasteiger partial charge in [0.1, 0.15) is 12.4 Å². The third-order valence-corrected chi connectivity index (χ3v) is 2.13. The number of rotatable bonds is 6. The number of methoxy groups -OCH3 is 1. The minimum Gasteiger partial charge on any atom is -0.492 e. The van der Waals surface area contributed by atoms with E-state index in [1.54, 1.807) is 7.11 Å². The summed E-state index contributed by atoms with van der Waals surface area (Å²) in [7, 11) is 1.71. The van der Waals surface area contributed by atoms with Crippen LogP contribution in [0.25, 0.3) is 0 Å². The van der Waals surface area contributed by atoms with Gasteiger partial charge in [0.05, 0.1) is 6.61 Å². The summed E-state index contributed by atoms with van der Waals surface area (Å²) in [4.78, 5) is 0. The van der Waals surface area contributed by atoms with Gasteiger partial charge in [-0.25, -0.2) is 0 Å². The van der Waals surface area contributed by atoms with Crippen LogP contribution in [0.5, 0.6) is 5.75 Å². The van der Waals surface area contributed by atoms with Crippen LogP contribution in [0.15, 0.2) is 24.3 Å². The van der Waals surface area contributed by atoms with Crippen LogP contribution in [0.3, 0.4) is 0 Å². The van der Waals surface area contributed by atoms with Gasteiger partial charge in [0.15, 0.2) is 0 Å². The van der Waals surface area contributed by atoms with Crippen LogP contribution in [-0.4, -0.2) is 25.9 Å². The van der Waals surface area contributed by atoms with Crippen LogP contribution in [0, 0.1) is 0 Å². The Hall–Kier alpha value is -0.770. The van der Waals surface area contributed by atoms with Gasteiger partial charge in [-0.1, -0.05) is 12.1 Å². The van der Waals surface area contributed by atoms with Gasteiger partial charge in [-0.05, 0) is 38.0 Å². The van der Waals surface area contributed by atoms with Crippen LogP contribution < -0.4 is 10.5 Å². The van der Waals surface area contributed by atoms with Gasteiger partial charge in [0.2, 0.25) is 0 Å². The molecule has 0 aliphatic heterocycles. The molecular weight excluding hydrogens is 238 g/mol. The topological polar surface area (TPSA) is 44.5 Å². The summed E-state index contributed by atoms with van der Waals surface area (Å²) >= 11 is 0. The number of benzene rings is 1. The first kappa shape index (κ1) is 16.2. The molecule has 17 heavy (non-hydrogen) atoms. The van der Waals surface area contributed by atoms with Gasteiger partial charge in [0.25, 0.3) is 0 Å². The van der Waals surface area contributed by atoms with Crippen LogP contribution in [0.1, 0.15) is 19.4 Å². The Morgan fingerprint density at radius 2 is 1.76 bits per heavy atom. The Bertz CT molecular complexity index is 306. The standard InChI is InChI=1S/C13H21NO2.ClH/c1-13(2,14)10-16-12-6-4-11(5-7-12)8-9-15-3;/h4-7H,8-10,14H2,1-3H3;1H. The lowest BCUT2D eigenvalue weighted by Crippen LogP contribution is -2.38. The molecule has 1 rings (SSSR count). The molecule has 0 bridgehead atoms. The fourth-order valence-electron chi connectivity index (χ4n) is 1.24. The Morgan fingerprint density at radius 3 is 2.24 bits per heavy atom. The number of nitrogens with two attached hydrogens (primary N) is 1. The quantitative estimate of drug-likeness (QED) is 0.853. The molecule has 3 nitrogen and oxygen atoms in total. The highest BCUT2D eigenvalue weighted by Gasteiger charge is 2.11. The zero-order chi connectivity index (χ0) is 12.0. The zero-order valence-corrected chi connectivity index (χ0v) is 11.5. The van der Waals surface area contributed by atoms with Gasteiger partial charge in [-0.15, -0.1) is 12.4 Å². The molecule has 98 valence electrons. The monoisotopic (exact) mass is 259 g/mol. The number of halogens is 1. The SMILES string of the molecule is COCCc1ccc(OCC(C)(C)N)cc1.Cl. The minimum atomic E-state index is -0.297. The van der Waals surface area contributed by atoms with Crippen LogP contribution in [-0.2, 0) is 11.2 Å². The molecular formula is C13H22ClNO2. The molecule has 0 heterocycles. The van der Waals surface area contributed by atoms with Crippen molar-refractivity contribution in [2.24, 2.45) is 5.73 Å². The first-order valence-electron chi connectivity index (χ1n) is 5.51. The van der Waals surface area contributed by atoms with E-state index in [4.69, 9.17) is 15.2 Å². The normalized spacial score (nSPS) is 10.8. The van der Waals surface area contributed by atoms with E-state index in [2.05, 4.69) is 12.1 Å². The zero-order valence-electron chi connectivity index (χ0n) is 10.7. The highest BCUT2D eigenvalue weighted by Crippen LogP contribution is 2.14. The summed E-state index contributed by atoms with van der Waals surface area (Å²) in [6, 6.07) is 8.04. The molecule has 0 amide bonds. The number of hydrogen-bond donors (Lipinski definition) is 1. The molecule has 2 N–H and O–H groups in total. The average molecular weight is 260 g/mol. The van der Waals surface area contributed by atoms with E-state index in [0.717, 1.165) is 18.8 Å². The maximum absolute atomic E-state index is 5.84. The van der Waals surface area contributed by atoms with Crippen molar-refractivity contribution in [3.05, 3.63) is 29.8 Å². The Morgan fingerprint density at radius 1 is 1.18 bits per heavy atom. The summed E-state index contributed by atoms with van der Waals surface area (Å²) < 4.78 is 10.6. The first-order chi connectivity index (χ1) is 7.51. The summed E-state index contributed by atoms with van der Waals surface area (Å²) in [5.41, 5.74) is 6.79. The molecule has 1 aromatic rings. The molecule has 0 fully saturated rings. The second-order valence-corrected chi connectivity index (χ2v) is 4.66. The summed E-state index contributed by atoms with van der Waals surface area (Å²) in [6.07, 6.45) is 0.930. The highest BCUT2D eigenvalue weighted by atomic mass is 35.5. The fraction of sp³-hybridized carbons (Fsp3) is 0.538. The van der Waals surface area contributed by atoms with E-state index < -0.39 is 0 Å². The van der Waals surface area contributed by atoms with E-state index in [9.17, 15) is 0 Å². The van der Waals surface area contributed by atoms with E-state index in [1.165, 1.54) is 5.56 Å². The van der Waals surface area contributed by atoms with Crippen LogP contribution >= 0.6 is 12.4 Å². The maximum atomic E-state index is 5.84. The van der Waals surface area contributed by atoms with E-state index in [0.29, 0.717) is 6.61 Å². The summed E-state index contributed by atoms with van der Waals surface area (Å²) in [6.45, 7) is 5.15. The molecule has 0 aromatic heterocycles. The molecule has 0 atom stereocenters. The van der Waals surface area contributed by atoms with Crippen LogP contribution in [0.2, 0.25) is 0 Å². The van der Waals surface area contributed by atoms with E-state index >= 15 is 0 Å². The van der Waals surface area contributed by atoms with Crippen molar-refractivity contribution in [2.45, 2.75) is 25.8 Å². The van der Waals surface area contributed by atoms with Gasteiger partial charge in [0, 0.05) is 12.6 Å². The minimum absolute atomic E-state index is 0. The number of hydrogen-bond acceptors (Lipinski definition) is 3. The third-order valence-electron chi connectivity index (χ3n) is 2.13. The summed E-state index contributed by atoms with van der Waals surface area (Å²) in [5.74, 6) is 0.861. The Labute approximate surface area is 110 Å². The first-order valence-corrected chi connectivity index (χ1v) is 5.51. The maximum Gasteiger partial charge on any atom is 0.119 e. The van der Waals surface area contributed by atoms with Crippen LogP contribution in [0.4, 0.5) is 0 Å². The Kier molecular flexibility index (Phi) is 7.19. The third kappa shape index (κ3) is 7.21. The highest BCUT2D eigenvalue weighted by molar-refractivity contribution is 5.85. The van der Waals surface area contributed by atoms with Crippen molar-refractivity contribution in [3.8, 4) is 5.75 Å². The predicted molar refractivity (Wildman–Crippen MR) is 73.0 cm³/mol. The molecule has 0 spiro atoms. The van der Waals surface area contributed by atoms with Crippen molar-refractivity contribution in [1.29, 1.82) is 0 Å². The predicted octanol–water partition coefficient (Wildman–Crippen LogP) is 2.41. The second-order valence-electron chi connectivity index (χ2n) is 4.66. The fourth-order valence-corrected chi connectivity index (χ4v) is 1.24. The smallest absolute Gasteiger partial charge is 0.119 e. The number of ether oxygens (including phenoxy) is 2. The molecule has 0 aliphatic carbocycles. The summed E-state index contributed by atoms with van der Waals surface area (Å²) in [5, 5.41) is 0. The lowest BCUT2D eigenvalue weighted by atomic mass is 10.1. The largest absolute Gasteiger partial charge is 0.492 e. The second kappa shape index (κ2) is 7.54. The van der Waals surface area contributed by atoms with Gasteiger partial charge < -0.3 is 15.2 Å². The lowest BCUT2D eigenvalue weighted by molar-refractivity contribution is 0.202. The van der Waals surface area contributed by atoms with Crippen molar-refractivity contribution in [2.75, 3.05) is 20.3 Å². The van der Waals surface area contributed by atoms with Gasteiger partial charge in [-0.3, -0.25) is 0 Å². The van der Waals surface area contributed by atoms with Gasteiger partial charge >= 0.3 is 0 Å². The molecule has 0 saturated heterocycles. The Balaban J connectivity index is 0.00000256. The van der Waals surface area contributed by atoms with Gasteiger partial charge in [-0.2, -0.15) is 0 Å². The molecule has 0 unspecified atom stereocenters. The van der Waals surface area contributed by atoms with Crippen molar-refractivity contribution in [3.63, 3.8) is 0 Å². The molecule has 1 aromatic carbocycles. The molecule has 0 radical (unpaired) electrons. The van der Waals surface area contributed by atoms with E-state index in [1.807, 2.05) is 26.0 Å². The van der Waals surface area contributed by atoms with Crippen molar-refractivity contribution < 1.29 is 9.47 Å². The lowest BCUT2D eigenvalue weighted by Gasteiger charge is -2.19. The average Bonchev–Trinajstić information content (AvgIpc) is 2.24. The van der Waals surface area contributed by atoms with Crippen molar-refractivity contribution in [1.82, 2.24) is 0 Å². The molecule has 0 aliphatic rings. The molecule has 0 saturated carbocycles. The van der Waals surface area contributed by atoms with E-state index in [-0.39, 0.29) is 17.9 Å².